The molecule has 0 saturated heterocycles. The van der Waals surface area contributed by atoms with E-state index in [0.29, 0.717) is 30.0 Å². The smallest absolute Gasteiger partial charge is 0.258 e. The minimum absolute atomic E-state index is 0.0227. The standard InChI is InChI=1S/C34H46N4O8S/c1-22-19-38(23(2)21-39)34(41)29-18-28(35-33(40)27-13-8-7-9-14-27)15-16-30(29)45-24(3)12-10-11-17-44-31(22)20-37(6)47(42,43)32-25(4)36-46-26(32)5/h7-9,13-16,18,22-24,31,39H,10-12,17,19-21H2,1-6H3,(H,35,40)/t22-,23+,24+,31-/m0/s1. The van der Waals surface area contributed by atoms with Gasteiger partial charge in [-0.3, -0.25) is 9.59 Å². The number of nitrogens with one attached hydrogen (secondary N) is 1. The van der Waals surface area contributed by atoms with Crippen molar-refractivity contribution in [2.24, 2.45) is 5.92 Å². The van der Waals surface area contributed by atoms with E-state index in [1.807, 2.05) is 19.9 Å². The minimum Gasteiger partial charge on any atom is -0.490 e. The largest absolute Gasteiger partial charge is 0.490 e. The molecule has 13 heteroatoms. The lowest BCUT2D eigenvalue weighted by Gasteiger charge is -2.35. The van der Waals surface area contributed by atoms with E-state index in [1.54, 1.807) is 68.1 Å². The maximum absolute atomic E-state index is 14.3. The third-order valence-electron chi connectivity index (χ3n) is 8.42. The molecule has 0 unspecified atom stereocenters. The number of aliphatic hydroxyl groups is 1. The molecule has 0 saturated carbocycles. The number of carbonyl (C=O) groups excluding carboxylic acids is 2. The Balaban J connectivity index is 1.66. The van der Waals surface area contributed by atoms with Crippen molar-refractivity contribution in [2.75, 3.05) is 38.7 Å². The van der Waals surface area contributed by atoms with Crippen LogP contribution in [0.15, 0.2) is 57.9 Å². The molecule has 0 aliphatic carbocycles. The van der Waals surface area contributed by atoms with Gasteiger partial charge in [0.15, 0.2) is 5.76 Å². The summed E-state index contributed by atoms with van der Waals surface area (Å²) in [6.45, 7) is 8.97. The lowest BCUT2D eigenvalue weighted by atomic mass is 10.0. The number of nitrogens with zero attached hydrogens (tertiary/aromatic N) is 3. The Morgan fingerprint density at radius 1 is 1.15 bits per heavy atom. The Labute approximate surface area is 277 Å². The van der Waals surface area contributed by atoms with Gasteiger partial charge < -0.3 is 29.3 Å². The van der Waals surface area contributed by atoms with Gasteiger partial charge in [0.1, 0.15) is 16.3 Å². The normalized spacial score (nSPS) is 20.6. The van der Waals surface area contributed by atoms with Crippen molar-refractivity contribution in [1.82, 2.24) is 14.4 Å². The molecule has 0 fully saturated rings. The molecule has 256 valence electrons. The molecule has 1 aliphatic rings. The van der Waals surface area contributed by atoms with E-state index in [4.69, 9.17) is 14.0 Å². The molecule has 4 atom stereocenters. The van der Waals surface area contributed by atoms with Crippen LogP contribution in [0.25, 0.3) is 0 Å². The highest BCUT2D eigenvalue weighted by atomic mass is 32.2. The van der Waals surface area contributed by atoms with Crippen LogP contribution >= 0.6 is 0 Å². The second kappa shape index (κ2) is 15.9. The van der Waals surface area contributed by atoms with Crippen LogP contribution in [-0.2, 0) is 14.8 Å². The average Bonchev–Trinajstić information content (AvgIpc) is 3.40. The van der Waals surface area contributed by atoms with Gasteiger partial charge in [-0.2, -0.15) is 4.31 Å². The number of benzene rings is 2. The van der Waals surface area contributed by atoms with Gasteiger partial charge in [-0.1, -0.05) is 30.3 Å². The fourth-order valence-corrected chi connectivity index (χ4v) is 7.07. The zero-order chi connectivity index (χ0) is 34.3. The summed E-state index contributed by atoms with van der Waals surface area (Å²) in [7, 11) is -2.45. The van der Waals surface area contributed by atoms with E-state index in [-0.39, 0.29) is 59.5 Å². The highest BCUT2D eigenvalue weighted by molar-refractivity contribution is 7.89. The lowest BCUT2D eigenvalue weighted by molar-refractivity contribution is -0.00835. The summed E-state index contributed by atoms with van der Waals surface area (Å²) in [6.07, 6.45) is 1.41. The van der Waals surface area contributed by atoms with Gasteiger partial charge in [-0.15, -0.1) is 0 Å². The second-order valence-corrected chi connectivity index (χ2v) is 14.3. The molecule has 1 aliphatic heterocycles. The zero-order valence-corrected chi connectivity index (χ0v) is 28.7. The first-order valence-corrected chi connectivity index (χ1v) is 17.4. The number of amides is 2. The van der Waals surface area contributed by atoms with E-state index in [9.17, 15) is 23.1 Å². The molecule has 0 bridgehead atoms. The molecule has 2 amide bonds. The third kappa shape index (κ3) is 8.78. The molecule has 1 aromatic heterocycles. The minimum atomic E-state index is -3.94. The van der Waals surface area contributed by atoms with Crippen molar-refractivity contribution in [3.8, 4) is 5.75 Å². The van der Waals surface area contributed by atoms with Crippen LogP contribution in [0.1, 0.15) is 72.2 Å². The Kier molecular flexibility index (Phi) is 12.2. The van der Waals surface area contributed by atoms with Gasteiger partial charge in [0.05, 0.1) is 30.4 Å². The van der Waals surface area contributed by atoms with E-state index in [0.717, 1.165) is 12.8 Å². The Morgan fingerprint density at radius 3 is 2.53 bits per heavy atom. The summed E-state index contributed by atoms with van der Waals surface area (Å²) in [5.41, 5.74) is 1.40. The molecule has 12 nitrogen and oxygen atoms in total. The maximum Gasteiger partial charge on any atom is 0.258 e. The Hall–Kier alpha value is -3.78. The molecule has 0 radical (unpaired) electrons. The quantitative estimate of drug-likeness (QED) is 0.349. The number of hydrogen-bond donors (Lipinski definition) is 2. The van der Waals surface area contributed by atoms with Crippen molar-refractivity contribution >= 4 is 27.5 Å². The van der Waals surface area contributed by atoms with Crippen molar-refractivity contribution in [2.45, 2.75) is 77.0 Å². The molecule has 0 spiro atoms. The molecular formula is C34H46N4O8S. The second-order valence-electron chi connectivity index (χ2n) is 12.3. The van der Waals surface area contributed by atoms with E-state index in [2.05, 4.69) is 10.5 Å². The van der Waals surface area contributed by atoms with Crippen LogP contribution in [0.3, 0.4) is 0 Å². The van der Waals surface area contributed by atoms with Crippen molar-refractivity contribution < 1.29 is 37.1 Å². The van der Waals surface area contributed by atoms with Gasteiger partial charge in [0, 0.05) is 43.9 Å². The number of anilines is 1. The summed E-state index contributed by atoms with van der Waals surface area (Å²) >= 11 is 0. The number of aliphatic hydroxyl groups excluding tert-OH is 1. The van der Waals surface area contributed by atoms with Crippen molar-refractivity contribution in [1.29, 1.82) is 0 Å². The molecule has 4 rings (SSSR count). The number of hydrogen-bond acceptors (Lipinski definition) is 9. The number of fused-ring (bicyclic) bond motifs is 1. The molecule has 3 aromatic rings. The number of aromatic nitrogens is 1. The highest BCUT2D eigenvalue weighted by Gasteiger charge is 2.34. The lowest BCUT2D eigenvalue weighted by Crippen LogP contribution is -2.48. The maximum atomic E-state index is 14.3. The van der Waals surface area contributed by atoms with Crippen molar-refractivity contribution in [3.63, 3.8) is 0 Å². The predicted molar refractivity (Wildman–Crippen MR) is 177 cm³/mol. The van der Waals surface area contributed by atoms with E-state index < -0.39 is 28.1 Å². The third-order valence-corrected chi connectivity index (χ3v) is 10.5. The van der Waals surface area contributed by atoms with Gasteiger partial charge >= 0.3 is 0 Å². The van der Waals surface area contributed by atoms with Gasteiger partial charge in [-0.25, -0.2) is 8.42 Å². The Bertz CT molecular complexity index is 1610. The molecule has 47 heavy (non-hydrogen) atoms. The summed E-state index contributed by atoms with van der Waals surface area (Å²) in [4.78, 5) is 28.8. The summed E-state index contributed by atoms with van der Waals surface area (Å²) in [6, 6.07) is 13.2. The molecule has 2 heterocycles. The summed E-state index contributed by atoms with van der Waals surface area (Å²) < 4.78 is 46.0. The van der Waals surface area contributed by atoms with Gasteiger partial charge in [0.25, 0.3) is 11.8 Å². The predicted octanol–water partition coefficient (Wildman–Crippen LogP) is 4.66. The highest BCUT2D eigenvalue weighted by Crippen LogP contribution is 2.29. The molecule has 2 N–H and O–H groups in total. The first-order valence-electron chi connectivity index (χ1n) is 15.9. The average molecular weight is 671 g/mol. The number of sulfonamides is 1. The fraction of sp³-hybridized carbons (Fsp3) is 0.500. The topological polar surface area (TPSA) is 152 Å². The van der Waals surface area contributed by atoms with Crippen LogP contribution in [0.5, 0.6) is 5.75 Å². The zero-order valence-electron chi connectivity index (χ0n) is 27.9. The number of carbonyl (C=O) groups is 2. The van der Waals surface area contributed by atoms with Crippen LogP contribution in [0, 0.1) is 19.8 Å². The number of aryl methyl sites for hydroxylation is 2. The number of likely N-dealkylation sites (N-methyl/N-ethyl adjacent to an activating group) is 1. The van der Waals surface area contributed by atoms with Gasteiger partial charge in [0.2, 0.25) is 10.0 Å². The Morgan fingerprint density at radius 2 is 1.87 bits per heavy atom. The number of rotatable bonds is 8. The van der Waals surface area contributed by atoms with E-state index >= 15 is 0 Å². The van der Waals surface area contributed by atoms with Crippen LogP contribution in [0.2, 0.25) is 0 Å². The van der Waals surface area contributed by atoms with E-state index in [1.165, 1.54) is 11.4 Å². The summed E-state index contributed by atoms with van der Waals surface area (Å²) in [5.74, 6) is -0.486. The molecular weight excluding hydrogens is 624 g/mol. The first kappa shape index (κ1) is 36.1. The summed E-state index contributed by atoms with van der Waals surface area (Å²) in [5, 5.41) is 16.9. The number of ether oxygens (including phenoxy) is 2. The monoisotopic (exact) mass is 670 g/mol. The van der Waals surface area contributed by atoms with Crippen LogP contribution in [0.4, 0.5) is 5.69 Å². The van der Waals surface area contributed by atoms with Crippen molar-refractivity contribution in [3.05, 3.63) is 71.1 Å². The molecule has 2 aromatic carbocycles. The van der Waals surface area contributed by atoms with Crippen LogP contribution < -0.4 is 10.1 Å². The van der Waals surface area contributed by atoms with Crippen LogP contribution in [-0.4, -0.2) is 91.3 Å². The first-order chi connectivity index (χ1) is 22.3. The fourth-order valence-electron chi connectivity index (χ4n) is 5.61. The van der Waals surface area contributed by atoms with Gasteiger partial charge in [-0.05, 0) is 77.3 Å². The SMILES string of the molecule is Cc1noc(C)c1S(=O)(=O)N(C)C[C@@H]1OCCCC[C@@H](C)Oc2ccc(NC(=O)c3ccccc3)cc2C(=O)N([C@H](C)CO)C[C@@H]1C.